The number of rotatable bonds is 1. The molecule has 3 rings (SSSR count). The molecule has 17 heavy (non-hydrogen) atoms. The molecule has 0 radical (unpaired) electrons. The Labute approximate surface area is 98.9 Å². The van der Waals surface area contributed by atoms with Gasteiger partial charge >= 0.3 is 0 Å². The Bertz CT molecular complexity index is 562. The average Bonchev–Trinajstić information content (AvgIpc) is 2.68. The lowest BCUT2D eigenvalue weighted by Crippen LogP contribution is -2.23. The molecule has 1 aromatic carbocycles. The number of nitrogen functional groups attached to an aromatic ring is 1. The van der Waals surface area contributed by atoms with Gasteiger partial charge in [0.15, 0.2) is 0 Å². The van der Waals surface area contributed by atoms with Crippen LogP contribution in [-0.4, -0.2) is 21.4 Å². The second-order valence-electron chi connectivity index (χ2n) is 4.14. The van der Waals surface area contributed by atoms with Crippen molar-refractivity contribution in [2.45, 2.75) is 13.0 Å². The largest absolute Gasteiger partial charge is 0.506 e. The van der Waals surface area contributed by atoms with Gasteiger partial charge in [0, 0.05) is 25.1 Å². The van der Waals surface area contributed by atoms with Crippen molar-refractivity contribution in [2.24, 2.45) is 0 Å². The zero-order chi connectivity index (χ0) is 11.8. The summed E-state index contributed by atoms with van der Waals surface area (Å²) in [7, 11) is 0. The molecule has 4 N–H and O–H groups in total. The summed E-state index contributed by atoms with van der Waals surface area (Å²) >= 11 is 0. The summed E-state index contributed by atoms with van der Waals surface area (Å²) in [5.74, 6) is 0.792. The zero-order valence-corrected chi connectivity index (χ0v) is 9.35. The second-order valence-corrected chi connectivity index (χ2v) is 4.14. The van der Waals surface area contributed by atoms with Crippen LogP contribution in [0.5, 0.6) is 5.75 Å². The lowest BCUT2D eigenvalue weighted by molar-refractivity contribution is 0.470. The number of aromatic hydroxyl groups is 1. The SMILES string of the molecule is Nc1c2c(nn1-c1ccccc1O)CCNC2. The van der Waals surface area contributed by atoms with Gasteiger partial charge < -0.3 is 16.2 Å². The number of hydrogen-bond donors (Lipinski definition) is 3. The summed E-state index contributed by atoms with van der Waals surface area (Å²) in [6.45, 7) is 1.67. The summed E-state index contributed by atoms with van der Waals surface area (Å²) in [4.78, 5) is 0. The first kappa shape index (κ1) is 10.2. The molecule has 5 nitrogen and oxygen atoms in total. The number of para-hydroxylation sites is 2. The Hall–Kier alpha value is -2.01. The molecule has 0 bridgehead atoms. The minimum atomic E-state index is 0.187. The van der Waals surface area contributed by atoms with Crippen molar-refractivity contribution in [1.29, 1.82) is 0 Å². The number of phenolic OH excluding ortho intramolecular Hbond substituents is 1. The minimum absolute atomic E-state index is 0.187. The van der Waals surface area contributed by atoms with Crippen molar-refractivity contribution in [3.8, 4) is 11.4 Å². The van der Waals surface area contributed by atoms with Crippen molar-refractivity contribution in [3.05, 3.63) is 35.5 Å². The van der Waals surface area contributed by atoms with E-state index in [1.807, 2.05) is 6.07 Å². The van der Waals surface area contributed by atoms with Gasteiger partial charge in [0.2, 0.25) is 0 Å². The summed E-state index contributed by atoms with van der Waals surface area (Å²) in [6.07, 6.45) is 0.875. The third kappa shape index (κ3) is 1.55. The number of phenols is 1. The number of nitrogens with two attached hydrogens (primary N) is 1. The van der Waals surface area contributed by atoms with Crippen LogP contribution in [0.25, 0.3) is 5.69 Å². The molecule has 0 aliphatic carbocycles. The standard InChI is InChI=1S/C12H14N4O/c13-12-8-7-14-6-5-9(8)15-16(12)10-3-1-2-4-11(10)17/h1-4,14,17H,5-7,13H2. The van der Waals surface area contributed by atoms with E-state index >= 15 is 0 Å². The highest BCUT2D eigenvalue weighted by Crippen LogP contribution is 2.27. The molecular weight excluding hydrogens is 216 g/mol. The van der Waals surface area contributed by atoms with Crippen LogP contribution in [-0.2, 0) is 13.0 Å². The molecule has 1 aliphatic heterocycles. The fourth-order valence-corrected chi connectivity index (χ4v) is 2.15. The van der Waals surface area contributed by atoms with Gasteiger partial charge in [-0.1, -0.05) is 12.1 Å². The Morgan fingerprint density at radius 2 is 2.18 bits per heavy atom. The molecule has 0 unspecified atom stereocenters. The predicted octanol–water partition coefficient (Wildman–Crippen LogP) is 0.806. The van der Waals surface area contributed by atoms with Gasteiger partial charge in [-0.15, -0.1) is 0 Å². The Morgan fingerprint density at radius 1 is 1.35 bits per heavy atom. The lowest BCUT2D eigenvalue weighted by atomic mass is 10.1. The number of aromatic nitrogens is 2. The number of hydrogen-bond acceptors (Lipinski definition) is 4. The molecule has 2 aromatic rings. The van der Waals surface area contributed by atoms with E-state index in [1.54, 1.807) is 22.9 Å². The van der Waals surface area contributed by atoms with Crippen LogP contribution in [0.1, 0.15) is 11.3 Å². The highest BCUT2D eigenvalue weighted by molar-refractivity contribution is 5.55. The second kappa shape index (κ2) is 3.78. The van der Waals surface area contributed by atoms with E-state index in [0.717, 1.165) is 30.8 Å². The maximum Gasteiger partial charge on any atom is 0.141 e. The van der Waals surface area contributed by atoms with Crippen molar-refractivity contribution in [1.82, 2.24) is 15.1 Å². The third-order valence-corrected chi connectivity index (χ3v) is 3.06. The van der Waals surface area contributed by atoms with E-state index in [2.05, 4.69) is 10.4 Å². The molecule has 1 aliphatic rings. The van der Waals surface area contributed by atoms with Gasteiger partial charge in [0.05, 0.1) is 5.69 Å². The summed E-state index contributed by atoms with van der Waals surface area (Å²) in [5, 5.41) is 17.6. The summed E-state index contributed by atoms with van der Waals surface area (Å²) in [6, 6.07) is 7.07. The van der Waals surface area contributed by atoms with Gasteiger partial charge in [-0.3, -0.25) is 0 Å². The van der Waals surface area contributed by atoms with Crippen molar-refractivity contribution in [3.63, 3.8) is 0 Å². The van der Waals surface area contributed by atoms with Gasteiger partial charge in [0.1, 0.15) is 17.3 Å². The molecule has 0 spiro atoms. The Kier molecular flexibility index (Phi) is 2.26. The molecule has 0 atom stereocenters. The lowest BCUT2D eigenvalue weighted by Gasteiger charge is -2.10. The fraction of sp³-hybridized carbons (Fsp3) is 0.250. The predicted molar refractivity (Wildman–Crippen MR) is 65.1 cm³/mol. The van der Waals surface area contributed by atoms with Crippen LogP contribution in [0.4, 0.5) is 5.82 Å². The molecule has 1 aromatic heterocycles. The maximum absolute atomic E-state index is 9.82. The Morgan fingerprint density at radius 3 is 2.94 bits per heavy atom. The van der Waals surface area contributed by atoms with Gasteiger partial charge in [-0.05, 0) is 12.1 Å². The first-order valence-electron chi connectivity index (χ1n) is 5.62. The number of benzene rings is 1. The molecule has 5 heteroatoms. The van der Waals surface area contributed by atoms with Crippen molar-refractivity contribution >= 4 is 5.82 Å². The van der Waals surface area contributed by atoms with E-state index in [0.29, 0.717) is 11.5 Å². The number of fused-ring (bicyclic) bond motifs is 1. The van der Waals surface area contributed by atoms with E-state index in [1.165, 1.54) is 0 Å². The maximum atomic E-state index is 9.82. The van der Waals surface area contributed by atoms with Gasteiger partial charge in [-0.25, -0.2) is 4.68 Å². The normalized spacial score (nSPS) is 14.6. The highest BCUT2D eigenvalue weighted by Gasteiger charge is 2.20. The number of nitrogens with zero attached hydrogens (tertiary/aromatic N) is 2. The molecule has 0 fully saturated rings. The highest BCUT2D eigenvalue weighted by atomic mass is 16.3. The topological polar surface area (TPSA) is 76.1 Å². The number of nitrogens with one attached hydrogen (secondary N) is 1. The van der Waals surface area contributed by atoms with Crippen LogP contribution in [0.3, 0.4) is 0 Å². The molecule has 0 saturated heterocycles. The van der Waals surface area contributed by atoms with Crippen LogP contribution in [0, 0.1) is 0 Å². The number of anilines is 1. The first-order chi connectivity index (χ1) is 8.27. The molecule has 2 heterocycles. The summed E-state index contributed by atoms with van der Waals surface area (Å²) in [5.41, 5.74) is 8.76. The van der Waals surface area contributed by atoms with E-state index in [9.17, 15) is 5.11 Å². The average molecular weight is 230 g/mol. The van der Waals surface area contributed by atoms with E-state index in [-0.39, 0.29) is 5.75 Å². The molecular formula is C12H14N4O. The fourth-order valence-electron chi connectivity index (χ4n) is 2.15. The van der Waals surface area contributed by atoms with Crippen LogP contribution in [0.15, 0.2) is 24.3 Å². The van der Waals surface area contributed by atoms with E-state index in [4.69, 9.17) is 5.73 Å². The zero-order valence-electron chi connectivity index (χ0n) is 9.35. The van der Waals surface area contributed by atoms with Crippen LogP contribution < -0.4 is 11.1 Å². The van der Waals surface area contributed by atoms with Crippen LogP contribution >= 0.6 is 0 Å². The molecule has 0 saturated carbocycles. The van der Waals surface area contributed by atoms with Gasteiger partial charge in [-0.2, -0.15) is 5.10 Å². The molecule has 88 valence electrons. The van der Waals surface area contributed by atoms with Crippen molar-refractivity contribution in [2.75, 3.05) is 12.3 Å². The van der Waals surface area contributed by atoms with Crippen LogP contribution in [0.2, 0.25) is 0 Å². The molecule has 0 amide bonds. The third-order valence-electron chi connectivity index (χ3n) is 3.06. The van der Waals surface area contributed by atoms with E-state index < -0.39 is 0 Å². The van der Waals surface area contributed by atoms with Gasteiger partial charge in [0.25, 0.3) is 0 Å². The summed E-state index contributed by atoms with van der Waals surface area (Å²) < 4.78 is 1.62. The minimum Gasteiger partial charge on any atom is -0.506 e. The quantitative estimate of drug-likeness (QED) is 0.677. The van der Waals surface area contributed by atoms with Crippen molar-refractivity contribution < 1.29 is 5.11 Å². The first-order valence-corrected chi connectivity index (χ1v) is 5.62. The Balaban J connectivity index is 2.16. The monoisotopic (exact) mass is 230 g/mol. The smallest absolute Gasteiger partial charge is 0.141 e.